The van der Waals surface area contributed by atoms with Crippen molar-refractivity contribution in [2.45, 2.75) is 26.2 Å². The molecule has 4 N–H and O–H groups in total. The summed E-state index contributed by atoms with van der Waals surface area (Å²) >= 11 is 0. The van der Waals surface area contributed by atoms with E-state index in [0.29, 0.717) is 44.8 Å². The zero-order valence-corrected chi connectivity index (χ0v) is 19.6. The van der Waals surface area contributed by atoms with Gasteiger partial charge in [-0.15, -0.1) is 0 Å². The fraction of sp³-hybridized carbons (Fsp3) is 0.148. The van der Waals surface area contributed by atoms with Gasteiger partial charge in [0.25, 0.3) is 11.8 Å². The van der Waals surface area contributed by atoms with Crippen LogP contribution in [0.15, 0.2) is 67.0 Å². The van der Waals surface area contributed by atoms with Gasteiger partial charge in [-0.3, -0.25) is 19.6 Å². The number of anilines is 3. The van der Waals surface area contributed by atoms with Gasteiger partial charge in [0.15, 0.2) is 0 Å². The van der Waals surface area contributed by atoms with Gasteiger partial charge in [0.2, 0.25) is 0 Å². The van der Waals surface area contributed by atoms with Crippen molar-refractivity contribution < 1.29 is 9.59 Å². The molecule has 0 aliphatic rings. The Morgan fingerprint density at radius 1 is 0.886 bits per heavy atom. The number of rotatable bonds is 5. The van der Waals surface area contributed by atoms with Gasteiger partial charge in [0, 0.05) is 40.6 Å². The summed E-state index contributed by atoms with van der Waals surface area (Å²) in [6, 6.07) is 17.5. The number of nitrogen functional groups attached to an aromatic ring is 1. The molecule has 35 heavy (non-hydrogen) atoms. The molecule has 8 heteroatoms. The van der Waals surface area contributed by atoms with E-state index >= 15 is 0 Å². The van der Waals surface area contributed by atoms with Crippen LogP contribution in [0.2, 0.25) is 0 Å². The van der Waals surface area contributed by atoms with Crippen LogP contribution in [0.5, 0.6) is 0 Å². The second-order valence-electron chi connectivity index (χ2n) is 8.78. The van der Waals surface area contributed by atoms with Crippen LogP contribution in [0.3, 0.4) is 0 Å². The Hall–Kier alpha value is -4.77. The molecule has 4 rings (SSSR count). The maximum absolute atomic E-state index is 12.9. The molecule has 0 atom stereocenters. The third kappa shape index (κ3) is 5.09. The lowest BCUT2D eigenvalue weighted by Gasteiger charge is -2.18. The number of aromatic nitrogens is 2. The lowest BCUT2D eigenvalue weighted by Crippen LogP contribution is -2.18. The van der Waals surface area contributed by atoms with Gasteiger partial charge in [-0.1, -0.05) is 6.07 Å². The monoisotopic (exact) mass is 464 g/mol. The van der Waals surface area contributed by atoms with E-state index in [1.54, 1.807) is 80.8 Å². The van der Waals surface area contributed by atoms with E-state index in [-0.39, 0.29) is 11.8 Å². The first-order valence-electron chi connectivity index (χ1n) is 10.9. The fourth-order valence-corrected chi connectivity index (χ4v) is 3.54. The first-order chi connectivity index (χ1) is 16.7. The van der Waals surface area contributed by atoms with Crippen LogP contribution < -0.4 is 16.4 Å². The summed E-state index contributed by atoms with van der Waals surface area (Å²) in [5.74, 6) is -0.676. The topological polar surface area (TPSA) is 134 Å². The van der Waals surface area contributed by atoms with Crippen molar-refractivity contribution in [3.63, 3.8) is 0 Å². The van der Waals surface area contributed by atoms with Crippen molar-refractivity contribution in [2.75, 3.05) is 16.4 Å². The predicted octanol–water partition coefficient (Wildman–Crippen LogP) is 4.83. The van der Waals surface area contributed by atoms with E-state index in [4.69, 9.17) is 5.73 Å². The Morgan fingerprint density at radius 3 is 2.34 bits per heavy atom. The van der Waals surface area contributed by atoms with Crippen LogP contribution in [0.4, 0.5) is 17.1 Å². The number of aryl methyl sites for hydroxylation is 1. The molecule has 4 aromatic rings. The molecule has 2 amide bonds. The van der Waals surface area contributed by atoms with Crippen LogP contribution in [0.25, 0.3) is 11.0 Å². The number of carbonyl (C=O) groups is 2. The molecule has 8 nitrogen and oxygen atoms in total. The Kier molecular flexibility index (Phi) is 6.17. The van der Waals surface area contributed by atoms with E-state index < -0.39 is 5.41 Å². The minimum Gasteiger partial charge on any atom is -0.399 e. The summed E-state index contributed by atoms with van der Waals surface area (Å²) in [4.78, 5) is 34.3. The highest BCUT2D eigenvalue weighted by molar-refractivity contribution is 6.08. The zero-order valence-electron chi connectivity index (χ0n) is 19.6. The average molecular weight is 465 g/mol. The normalized spacial score (nSPS) is 11.0. The highest BCUT2D eigenvalue weighted by Crippen LogP contribution is 2.27. The van der Waals surface area contributed by atoms with Crippen molar-refractivity contribution in [3.8, 4) is 6.07 Å². The summed E-state index contributed by atoms with van der Waals surface area (Å²) in [6.45, 7) is 5.39. The van der Waals surface area contributed by atoms with Gasteiger partial charge in [0.1, 0.15) is 0 Å². The number of nitrogens with two attached hydrogens (primary N) is 1. The molecule has 0 aliphatic carbocycles. The zero-order chi connectivity index (χ0) is 25.2. The minimum absolute atomic E-state index is 0.302. The average Bonchev–Trinajstić information content (AvgIpc) is 2.85. The van der Waals surface area contributed by atoms with E-state index in [1.807, 2.05) is 6.92 Å². The molecule has 1 aromatic heterocycles. The second-order valence-corrected chi connectivity index (χ2v) is 8.78. The van der Waals surface area contributed by atoms with Gasteiger partial charge in [-0.2, -0.15) is 5.26 Å². The fourth-order valence-electron chi connectivity index (χ4n) is 3.54. The summed E-state index contributed by atoms with van der Waals surface area (Å²) in [5, 5.41) is 15.2. The maximum Gasteiger partial charge on any atom is 0.255 e. The van der Waals surface area contributed by atoms with E-state index in [1.165, 1.54) is 0 Å². The van der Waals surface area contributed by atoms with E-state index in [2.05, 4.69) is 26.7 Å². The second kappa shape index (κ2) is 9.23. The van der Waals surface area contributed by atoms with Crippen molar-refractivity contribution >= 4 is 39.9 Å². The number of hydrogen-bond donors (Lipinski definition) is 3. The molecule has 0 saturated carbocycles. The molecular formula is C27H24N6O2. The third-order valence-electron chi connectivity index (χ3n) is 5.69. The number of amides is 2. The SMILES string of the molecule is Cc1ccc(NC(=O)c2cc(N)cc(C(C)(C)C#N)c2)cc1NC(=O)c1ccc2nccnc2c1. The van der Waals surface area contributed by atoms with Gasteiger partial charge >= 0.3 is 0 Å². The van der Waals surface area contributed by atoms with Crippen molar-refractivity contribution in [1.29, 1.82) is 5.26 Å². The quantitative estimate of drug-likeness (QED) is 0.362. The van der Waals surface area contributed by atoms with Crippen LogP contribution >= 0.6 is 0 Å². The smallest absolute Gasteiger partial charge is 0.255 e. The number of fused-ring (bicyclic) bond motifs is 1. The van der Waals surface area contributed by atoms with Crippen LogP contribution in [-0.4, -0.2) is 21.8 Å². The summed E-state index contributed by atoms with van der Waals surface area (Å²) < 4.78 is 0. The number of nitrogens with zero attached hydrogens (tertiary/aromatic N) is 3. The number of benzene rings is 3. The molecule has 1 heterocycles. The lowest BCUT2D eigenvalue weighted by molar-refractivity contribution is 0.101. The largest absolute Gasteiger partial charge is 0.399 e. The summed E-state index contributed by atoms with van der Waals surface area (Å²) in [7, 11) is 0. The number of nitriles is 1. The maximum atomic E-state index is 12.9. The highest BCUT2D eigenvalue weighted by Gasteiger charge is 2.22. The minimum atomic E-state index is -0.792. The summed E-state index contributed by atoms with van der Waals surface area (Å²) in [6.07, 6.45) is 3.17. The van der Waals surface area contributed by atoms with Crippen LogP contribution in [0, 0.1) is 18.3 Å². The Balaban J connectivity index is 1.55. The Morgan fingerprint density at radius 2 is 1.60 bits per heavy atom. The van der Waals surface area contributed by atoms with Gasteiger partial charge in [0.05, 0.1) is 22.5 Å². The molecule has 0 aliphatic heterocycles. The van der Waals surface area contributed by atoms with Crippen molar-refractivity contribution in [1.82, 2.24) is 9.97 Å². The van der Waals surface area contributed by atoms with Crippen LogP contribution in [-0.2, 0) is 5.41 Å². The number of nitrogens with one attached hydrogen (secondary N) is 2. The van der Waals surface area contributed by atoms with E-state index in [0.717, 1.165) is 5.56 Å². The van der Waals surface area contributed by atoms with Gasteiger partial charge < -0.3 is 16.4 Å². The third-order valence-corrected chi connectivity index (χ3v) is 5.69. The molecule has 174 valence electrons. The summed E-state index contributed by atoms with van der Waals surface area (Å²) in [5.41, 5.74) is 10.3. The molecule has 0 saturated heterocycles. The molecule has 0 spiro atoms. The molecule has 3 aromatic carbocycles. The standard InChI is InChI=1S/C27H24N6O2/c1-16-4-6-21(32-26(35)18-10-19(13-20(29)11-18)27(2,3)15-28)14-23(16)33-25(34)17-5-7-22-24(12-17)31-9-8-30-22/h4-14H,29H2,1-3H3,(H,32,35)(H,33,34). The van der Waals surface area contributed by atoms with Gasteiger partial charge in [-0.05, 0) is 80.4 Å². The molecular weight excluding hydrogens is 440 g/mol. The molecule has 0 radical (unpaired) electrons. The molecule has 0 bridgehead atoms. The van der Waals surface area contributed by atoms with Crippen LogP contribution in [0.1, 0.15) is 45.7 Å². The first kappa shape index (κ1) is 23.4. The Bertz CT molecular complexity index is 1500. The number of carbonyl (C=O) groups excluding carboxylic acids is 2. The van der Waals surface area contributed by atoms with Crippen molar-refractivity contribution in [2.24, 2.45) is 0 Å². The lowest BCUT2D eigenvalue weighted by atomic mass is 9.85. The predicted molar refractivity (Wildman–Crippen MR) is 136 cm³/mol. The molecule has 0 fully saturated rings. The number of hydrogen-bond acceptors (Lipinski definition) is 6. The van der Waals surface area contributed by atoms with Gasteiger partial charge in [-0.25, -0.2) is 0 Å². The Labute approximate surface area is 202 Å². The van der Waals surface area contributed by atoms with E-state index in [9.17, 15) is 14.9 Å². The molecule has 0 unspecified atom stereocenters. The first-order valence-corrected chi connectivity index (χ1v) is 10.9. The van der Waals surface area contributed by atoms with Crippen molar-refractivity contribution in [3.05, 3.63) is 89.2 Å². The highest BCUT2D eigenvalue weighted by atomic mass is 16.2.